The number of hydrogen-bond donors (Lipinski definition) is 1. The third-order valence-corrected chi connectivity index (χ3v) is 2.83. The molecule has 4 nitrogen and oxygen atoms in total. The fourth-order valence-corrected chi connectivity index (χ4v) is 1.92. The summed E-state index contributed by atoms with van der Waals surface area (Å²) < 4.78 is 5.40. The Labute approximate surface area is 103 Å². The second-order valence-electron chi connectivity index (χ2n) is 3.47. The highest BCUT2D eigenvalue weighted by Crippen LogP contribution is 2.29. The molecular weight excluding hydrogens is 238 g/mol. The van der Waals surface area contributed by atoms with E-state index in [-0.39, 0.29) is 0 Å². The number of rotatable bonds is 4. The summed E-state index contributed by atoms with van der Waals surface area (Å²) in [6.45, 7) is 1.50. The molecule has 0 saturated carbocycles. The molecule has 1 unspecified atom stereocenters. The van der Waals surface area contributed by atoms with Gasteiger partial charge in [0.05, 0.1) is 11.2 Å². The SMILES string of the molecule is CC(Oc1ccccc1-c1cscn1)C(=O)O. The molecule has 2 rings (SSSR count). The van der Waals surface area contributed by atoms with Crippen LogP contribution in [0.5, 0.6) is 5.75 Å². The van der Waals surface area contributed by atoms with Gasteiger partial charge in [0, 0.05) is 10.9 Å². The lowest BCUT2D eigenvalue weighted by atomic mass is 10.1. The summed E-state index contributed by atoms with van der Waals surface area (Å²) in [4.78, 5) is 15.0. The summed E-state index contributed by atoms with van der Waals surface area (Å²) >= 11 is 1.49. The van der Waals surface area contributed by atoms with Gasteiger partial charge in [0.2, 0.25) is 0 Å². The Morgan fingerprint density at radius 2 is 2.24 bits per heavy atom. The van der Waals surface area contributed by atoms with Crippen LogP contribution in [-0.4, -0.2) is 22.2 Å². The van der Waals surface area contributed by atoms with Crippen molar-refractivity contribution in [1.82, 2.24) is 4.98 Å². The van der Waals surface area contributed by atoms with Gasteiger partial charge in [-0.25, -0.2) is 9.78 Å². The molecular formula is C12H11NO3S. The number of aromatic nitrogens is 1. The number of carbonyl (C=O) groups is 1. The molecule has 1 atom stereocenters. The topological polar surface area (TPSA) is 59.4 Å². The highest BCUT2D eigenvalue weighted by atomic mass is 32.1. The monoisotopic (exact) mass is 249 g/mol. The predicted molar refractivity (Wildman–Crippen MR) is 65.3 cm³/mol. The Morgan fingerprint density at radius 1 is 1.47 bits per heavy atom. The number of benzene rings is 1. The van der Waals surface area contributed by atoms with Crippen molar-refractivity contribution in [2.75, 3.05) is 0 Å². The van der Waals surface area contributed by atoms with Crippen molar-refractivity contribution in [3.05, 3.63) is 35.2 Å². The first-order valence-electron chi connectivity index (χ1n) is 5.05. The van der Waals surface area contributed by atoms with Crippen molar-refractivity contribution >= 4 is 17.3 Å². The molecule has 0 radical (unpaired) electrons. The zero-order chi connectivity index (χ0) is 12.3. The Kier molecular flexibility index (Phi) is 3.39. The molecule has 1 aromatic heterocycles. The van der Waals surface area contributed by atoms with Gasteiger partial charge in [0.15, 0.2) is 6.10 Å². The second-order valence-corrected chi connectivity index (χ2v) is 4.19. The van der Waals surface area contributed by atoms with Crippen LogP contribution in [0.4, 0.5) is 0 Å². The Balaban J connectivity index is 2.32. The lowest BCUT2D eigenvalue weighted by Crippen LogP contribution is -2.23. The summed E-state index contributed by atoms with van der Waals surface area (Å²) in [6.07, 6.45) is -0.880. The van der Waals surface area contributed by atoms with E-state index in [0.717, 1.165) is 11.3 Å². The quantitative estimate of drug-likeness (QED) is 0.905. The highest BCUT2D eigenvalue weighted by molar-refractivity contribution is 7.07. The van der Waals surface area contributed by atoms with Gasteiger partial charge < -0.3 is 9.84 Å². The van der Waals surface area contributed by atoms with Crippen LogP contribution in [0.3, 0.4) is 0 Å². The summed E-state index contributed by atoms with van der Waals surface area (Å²) in [5, 5.41) is 10.7. The second kappa shape index (κ2) is 4.97. The maximum Gasteiger partial charge on any atom is 0.344 e. The number of ether oxygens (including phenoxy) is 1. The molecule has 2 aromatic rings. The van der Waals surface area contributed by atoms with E-state index >= 15 is 0 Å². The molecule has 1 N–H and O–H groups in total. The van der Waals surface area contributed by atoms with Crippen molar-refractivity contribution in [2.24, 2.45) is 0 Å². The molecule has 0 aliphatic rings. The minimum absolute atomic E-state index is 0.535. The van der Waals surface area contributed by atoms with E-state index in [4.69, 9.17) is 9.84 Å². The predicted octanol–water partition coefficient (Wildman–Crippen LogP) is 2.66. The van der Waals surface area contributed by atoms with E-state index in [0.29, 0.717) is 5.75 Å². The first-order chi connectivity index (χ1) is 8.18. The normalized spacial score (nSPS) is 12.1. The van der Waals surface area contributed by atoms with E-state index in [1.54, 1.807) is 17.6 Å². The minimum atomic E-state index is -0.988. The number of hydrogen-bond acceptors (Lipinski definition) is 4. The third-order valence-electron chi connectivity index (χ3n) is 2.25. The lowest BCUT2D eigenvalue weighted by molar-refractivity contribution is -0.144. The number of nitrogens with zero attached hydrogens (tertiary/aromatic N) is 1. The number of aliphatic carboxylic acids is 1. The highest BCUT2D eigenvalue weighted by Gasteiger charge is 2.15. The molecule has 0 saturated heterocycles. The summed E-state index contributed by atoms with van der Waals surface area (Å²) in [6, 6.07) is 7.28. The van der Waals surface area contributed by atoms with Crippen LogP contribution in [0.1, 0.15) is 6.92 Å². The van der Waals surface area contributed by atoms with Gasteiger partial charge in [-0.3, -0.25) is 0 Å². The zero-order valence-electron chi connectivity index (χ0n) is 9.16. The van der Waals surface area contributed by atoms with E-state index < -0.39 is 12.1 Å². The van der Waals surface area contributed by atoms with Crippen LogP contribution in [0.25, 0.3) is 11.3 Å². The molecule has 0 aliphatic heterocycles. The standard InChI is InChI=1S/C12H11NO3S/c1-8(12(14)15)16-11-5-3-2-4-9(11)10-6-17-7-13-10/h2-8H,1H3,(H,14,15). The van der Waals surface area contributed by atoms with Gasteiger partial charge in [-0.1, -0.05) is 12.1 Å². The number of carboxylic acids is 1. The van der Waals surface area contributed by atoms with E-state index in [9.17, 15) is 4.79 Å². The molecule has 0 fully saturated rings. The Bertz CT molecular complexity index is 510. The third kappa shape index (κ3) is 2.62. The summed E-state index contributed by atoms with van der Waals surface area (Å²) in [7, 11) is 0. The number of carboxylic acid groups (broad SMARTS) is 1. The van der Waals surface area contributed by atoms with Crippen LogP contribution in [0.2, 0.25) is 0 Å². The average Bonchev–Trinajstić information content (AvgIpc) is 2.83. The maximum absolute atomic E-state index is 10.8. The average molecular weight is 249 g/mol. The van der Waals surface area contributed by atoms with Crippen LogP contribution < -0.4 is 4.74 Å². The molecule has 5 heteroatoms. The van der Waals surface area contributed by atoms with E-state index in [2.05, 4.69) is 4.98 Å². The molecule has 17 heavy (non-hydrogen) atoms. The number of thiazole rings is 1. The fourth-order valence-electron chi connectivity index (χ4n) is 1.37. The molecule has 88 valence electrons. The lowest BCUT2D eigenvalue weighted by Gasteiger charge is -2.13. The van der Waals surface area contributed by atoms with Crippen molar-refractivity contribution in [1.29, 1.82) is 0 Å². The summed E-state index contributed by atoms with van der Waals surface area (Å²) in [5.74, 6) is -0.452. The molecule has 0 amide bonds. The van der Waals surface area contributed by atoms with Crippen LogP contribution >= 0.6 is 11.3 Å². The maximum atomic E-state index is 10.8. The molecule has 0 spiro atoms. The smallest absolute Gasteiger partial charge is 0.344 e. The van der Waals surface area contributed by atoms with Crippen molar-refractivity contribution in [2.45, 2.75) is 13.0 Å². The van der Waals surface area contributed by atoms with Crippen molar-refractivity contribution in [3.8, 4) is 17.0 Å². The summed E-state index contributed by atoms with van der Waals surface area (Å²) in [5.41, 5.74) is 3.33. The Morgan fingerprint density at radius 3 is 2.88 bits per heavy atom. The van der Waals surface area contributed by atoms with Gasteiger partial charge in [0.1, 0.15) is 5.75 Å². The van der Waals surface area contributed by atoms with Gasteiger partial charge in [-0.05, 0) is 19.1 Å². The van der Waals surface area contributed by atoms with Crippen LogP contribution in [0, 0.1) is 0 Å². The van der Waals surface area contributed by atoms with Gasteiger partial charge in [-0.2, -0.15) is 0 Å². The Hall–Kier alpha value is -1.88. The fraction of sp³-hybridized carbons (Fsp3) is 0.167. The van der Waals surface area contributed by atoms with E-state index in [1.807, 2.05) is 17.5 Å². The zero-order valence-corrected chi connectivity index (χ0v) is 9.98. The first kappa shape index (κ1) is 11.6. The van der Waals surface area contributed by atoms with Crippen molar-refractivity contribution < 1.29 is 14.6 Å². The number of para-hydroxylation sites is 1. The molecule has 0 bridgehead atoms. The molecule has 0 aliphatic carbocycles. The first-order valence-corrected chi connectivity index (χ1v) is 6.00. The molecule has 1 heterocycles. The largest absolute Gasteiger partial charge is 0.479 e. The van der Waals surface area contributed by atoms with E-state index in [1.165, 1.54) is 18.3 Å². The van der Waals surface area contributed by atoms with Crippen LogP contribution in [-0.2, 0) is 4.79 Å². The van der Waals surface area contributed by atoms with Gasteiger partial charge in [0.25, 0.3) is 0 Å². The van der Waals surface area contributed by atoms with Gasteiger partial charge in [-0.15, -0.1) is 11.3 Å². The van der Waals surface area contributed by atoms with Gasteiger partial charge >= 0.3 is 5.97 Å². The molecule has 1 aromatic carbocycles. The van der Waals surface area contributed by atoms with Crippen molar-refractivity contribution in [3.63, 3.8) is 0 Å². The van der Waals surface area contributed by atoms with Crippen LogP contribution in [0.15, 0.2) is 35.2 Å². The minimum Gasteiger partial charge on any atom is -0.479 e.